The number of carbonyl (C=O) groups is 1. The molecule has 1 unspecified atom stereocenters. The minimum Gasteiger partial charge on any atom is -0.454 e. The van der Waals surface area contributed by atoms with Crippen molar-refractivity contribution in [1.82, 2.24) is 10.6 Å². The molecule has 1 aliphatic heterocycles. The molecule has 0 saturated heterocycles. The highest BCUT2D eigenvalue weighted by molar-refractivity contribution is 5.74. The van der Waals surface area contributed by atoms with Crippen LogP contribution >= 0.6 is 0 Å². The zero-order valence-corrected chi connectivity index (χ0v) is 12.7. The largest absolute Gasteiger partial charge is 0.454 e. The first kappa shape index (κ1) is 13.9. The number of nitrogens with one attached hydrogen (secondary N) is 2. The number of fused-ring (bicyclic) bond motifs is 2. The normalized spacial score (nSPS) is 17.7. The molecule has 0 saturated carbocycles. The van der Waals surface area contributed by atoms with E-state index in [1.165, 1.54) is 11.1 Å². The van der Waals surface area contributed by atoms with Gasteiger partial charge >= 0.3 is 6.03 Å². The van der Waals surface area contributed by atoms with Crippen molar-refractivity contribution >= 4 is 6.03 Å². The Bertz CT molecular complexity index is 745. The van der Waals surface area contributed by atoms with E-state index in [1.807, 2.05) is 30.3 Å². The van der Waals surface area contributed by atoms with Gasteiger partial charge in [-0.15, -0.1) is 0 Å². The molecule has 0 bridgehead atoms. The number of urea groups is 1. The van der Waals surface area contributed by atoms with Gasteiger partial charge in [0, 0.05) is 6.54 Å². The minimum absolute atomic E-state index is 0.1000. The van der Waals surface area contributed by atoms with Crippen molar-refractivity contribution < 1.29 is 14.3 Å². The number of rotatable bonds is 3. The summed E-state index contributed by atoms with van der Waals surface area (Å²) in [6.07, 6.45) is 1.97. The Morgan fingerprint density at radius 2 is 2.00 bits per heavy atom. The molecule has 2 N–H and O–H groups in total. The van der Waals surface area contributed by atoms with Crippen LogP contribution in [0.1, 0.15) is 29.2 Å². The Balaban J connectivity index is 1.34. The SMILES string of the molecule is O=C(NCc1ccc2c(c1)OCO2)NC1CCc2ccccc21. The Hall–Kier alpha value is -2.69. The molecule has 1 heterocycles. The molecule has 23 heavy (non-hydrogen) atoms. The monoisotopic (exact) mass is 310 g/mol. The number of hydrogen-bond donors (Lipinski definition) is 2. The molecule has 2 aromatic rings. The molecule has 1 atom stereocenters. The van der Waals surface area contributed by atoms with E-state index in [-0.39, 0.29) is 18.9 Å². The van der Waals surface area contributed by atoms with Gasteiger partial charge in [0.15, 0.2) is 11.5 Å². The fourth-order valence-corrected chi connectivity index (χ4v) is 3.15. The van der Waals surface area contributed by atoms with Crippen molar-refractivity contribution in [2.24, 2.45) is 0 Å². The maximum absolute atomic E-state index is 12.1. The summed E-state index contributed by atoms with van der Waals surface area (Å²) in [5.74, 6) is 1.48. The van der Waals surface area contributed by atoms with Crippen LogP contribution in [0.3, 0.4) is 0 Å². The lowest BCUT2D eigenvalue weighted by molar-refractivity contribution is 0.174. The van der Waals surface area contributed by atoms with E-state index >= 15 is 0 Å². The maximum atomic E-state index is 12.1. The quantitative estimate of drug-likeness (QED) is 0.916. The summed E-state index contributed by atoms with van der Waals surface area (Å²) in [6, 6.07) is 13.9. The molecule has 118 valence electrons. The summed E-state index contributed by atoms with van der Waals surface area (Å²) >= 11 is 0. The Morgan fingerprint density at radius 3 is 2.96 bits per heavy atom. The van der Waals surface area contributed by atoms with Crippen LogP contribution in [0.2, 0.25) is 0 Å². The summed E-state index contributed by atoms with van der Waals surface area (Å²) in [5.41, 5.74) is 3.54. The van der Waals surface area contributed by atoms with Gasteiger partial charge in [0.25, 0.3) is 0 Å². The fraction of sp³-hybridized carbons (Fsp3) is 0.278. The smallest absolute Gasteiger partial charge is 0.315 e. The molecular formula is C18H18N2O3. The molecule has 1 aliphatic carbocycles. The number of hydrogen-bond acceptors (Lipinski definition) is 3. The van der Waals surface area contributed by atoms with Crippen LogP contribution in [0, 0.1) is 0 Å². The maximum Gasteiger partial charge on any atom is 0.315 e. The summed E-state index contributed by atoms with van der Waals surface area (Å²) in [4.78, 5) is 12.1. The molecule has 5 heteroatoms. The fourth-order valence-electron chi connectivity index (χ4n) is 3.15. The van der Waals surface area contributed by atoms with Crippen molar-refractivity contribution in [3.63, 3.8) is 0 Å². The molecule has 0 fully saturated rings. The molecule has 4 rings (SSSR count). The predicted octanol–water partition coefficient (Wildman–Crippen LogP) is 2.90. The van der Waals surface area contributed by atoms with Crippen LogP contribution < -0.4 is 20.1 Å². The average Bonchev–Trinajstić information content (AvgIpc) is 3.20. The van der Waals surface area contributed by atoms with Crippen LogP contribution in [-0.4, -0.2) is 12.8 Å². The van der Waals surface area contributed by atoms with Gasteiger partial charge in [-0.25, -0.2) is 4.79 Å². The zero-order chi connectivity index (χ0) is 15.6. The van der Waals surface area contributed by atoms with Crippen molar-refractivity contribution in [2.45, 2.75) is 25.4 Å². The van der Waals surface area contributed by atoms with E-state index in [0.717, 1.165) is 29.9 Å². The van der Waals surface area contributed by atoms with Crippen LogP contribution in [0.15, 0.2) is 42.5 Å². The highest BCUT2D eigenvalue weighted by Crippen LogP contribution is 2.32. The first-order valence-electron chi connectivity index (χ1n) is 7.80. The first-order valence-corrected chi connectivity index (χ1v) is 7.80. The molecule has 2 aromatic carbocycles. The average molecular weight is 310 g/mol. The number of benzene rings is 2. The Labute approximate surface area is 134 Å². The number of aryl methyl sites for hydroxylation is 1. The van der Waals surface area contributed by atoms with Gasteiger partial charge in [-0.1, -0.05) is 30.3 Å². The molecular weight excluding hydrogens is 292 g/mol. The molecule has 5 nitrogen and oxygen atoms in total. The van der Waals surface area contributed by atoms with E-state index in [1.54, 1.807) is 0 Å². The van der Waals surface area contributed by atoms with E-state index in [9.17, 15) is 4.79 Å². The molecule has 0 aromatic heterocycles. The number of amides is 2. The highest BCUT2D eigenvalue weighted by Gasteiger charge is 2.23. The van der Waals surface area contributed by atoms with Crippen molar-refractivity contribution in [3.05, 3.63) is 59.2 Å². The Morgan fingerprint density at radius 1 is 1.13 bits per heavy atom. The molecule has 2 aliphatic rings. The summed E-state index contributed by atoms with van der Waals surface area (Å²) in [7, 11) is 0. The zero-order valence-electron chi connectivity index (χ0n) is 12.7. The van der Waals surface area contributed by atoms with Crippen molar-refractivity contribution in [2.75, 3.05) is 6.79 Å². The van der Waals surface area contributed by atoms with E-state index in [0.29, 0.717) is 6.54 Å². The second kappa shape index (κ2) is 5.83. The predicted molar refractivity (Wildman–Crippen MR) is 85.4 cm³/mol. The number of carbonyl (C=O) groups excluding carboxylic acids is 1. The second-order valence-corrected chi connectivity index (χ2v) is 5.80. The summed E-state index contributed by atoms with van der Waals surface area (Å²) in [6.45, 7) is 0.713. The van der Waals surface area contributed by atoms with Gasteiger partial charge in [0.1, 0.15) is 0 Å². The lowest BCUT2D eigenvalue weighted by Gasteiger charge is -2.15. The third kappa shape index (κ3) is 2.82. The molecule has 2 amide bonds. The van der Waals surface area contributed by atoms with Crippen LogP contribution in [-0.2, 0) is 13.0 Å². The van der Waals surface area contributed by atoms with Crippen molar-refractivity contribution in [3.8, 4) is 11.5 Å². The third-order valence-electron chi connectivity index (χ3n) is 4.33. The van der Waals surface area contributed by atoms with Crippen LogP contribution in [0.4, 0.5) is 4.79 Å². The highest BCUT2D eigenvalue weighted by atomic mass is 16.7. The van der Waals surface area contributed by atoms with Gasteiger partial charge in [-0.05, 0) is 41.7 Å². The van der Waals surface area contributed by atoms with Gasteiger partial charge in [-0.3, -0.25) is 0 Å². The summed E-state index contributed by atoms with van der Waals surface area (Å²) < 4.78 is 10.6. The molecule has 0 radical (unpaired) electrons. The van der Waals surface area contributed by atoms with Gasteiger partial charge in [0.05, 0.1) is 6.04 Å². The standard InChI is InChI=1S/C18H18N2O3/c21-18(20-15-7-6-13-3-1-2-4-14(13)15)19-10-12-5-8-16-17(9-12)23-11-22-16/h1-5,8-9,15H,6-7,10-11H2,(H2,19,20,21). The van der Waals surface area contributed by atoms with E-state index in [2.05, 4.69) is 22.8 Å². The molecule has 0 spiro atoms. The van der Waals surface area contributed by atoms with Crippen LogP contribution in [0.5, 0.6) is 11.5 Å². The number of ether oxygens (including phenoxy) is 2. The first-order chi connectivity index (χ1) is 11.3. The summed E-state index contributed by atoms with van der Waals surface area (Å²) in [5, 5.41) is 5.95. The van der Waals surface area contributed by atoms with E-state index in [4.69, 9.17) is 9.47 Å². The third-order valence-corrected chi connectivity index (χ3v) is 4.33. The minimum atomic E-state index is -0.149. The van der Waals surface area contributed by atoms with Crippen LogP contribution in [0.25, 0.3) is 0 Å². The van der Waals surface area contributed by atoms with Crippen molar-refractivity contribution in [1.29, 1.82) is 0 Å². The lowest BCUT2D eigenvalue weighted by atomic mass is 10.1. The van der Waals surface area contributed by atoms with E-state index < -0.39 is 0 Å². The van der Waals surface area contributed by atoms with Gasteiger partial charge in [0.2, 0.25) is 6.79 Å². The topological polar surface area (TPSA) is 59.6 Å². The van der Waals surface area contributed by atoms with Gasteiger partial charge < -0.3 is 20.1 Å². The lowest BCUT2D eigenvalue weighted by Crippen LogP contribution is -2.36. The second-order valence-electron chi connectivity index (χ2n) is 5.80. The Kier molecular flexibility index (Phi) is 3.54. The van der Waals surface area contributed by atoms with Gasteiger partial charge in [-0.2, -0.15) is 0 Å².